The number of methoxy groups -OCH3 is 1. The molecule has 8 heteroatoms. The number of benzene rings is 1. The number of nitrogens with zero attached hydrogens (tertiary/aromatic N) is 2. The van der Waals surface area contributed by atoms with Gasteiger partial charge in [-0.05, 0) is 55.8 Å². The van der Waals surface area contributed by atoms with E-state index in [2.05, 4.69) is 30.6 Å². The molecule has 1 aliphatic rings. The number of hydrogen-bond donors (Lipinski definition) is 3. The summed E-state index contributed by atoms with van der Waals surface area (Å²) in [4.78, 5) is 18.0. The Labute approximate surface area is 171 Å². The van der Waals surface area contributed by atoms with Gasteiger partial charge in [-0.25, -0.2) is 4.79 Å². The van der Waals surface area contributed by atoms with Crippen molar-refractivity contribution in [1.82, 2.24) is 15.5 Å². The number of furan rings is 1. The molecule has 0 aliphatic carbocycles. The molecule has 0 radical (unpaired) electrons. The Hall–Kier alpha value is -3.00. The zero-order valence-corrected chi connectivity index (χ0v) is 17.0. The first-order valence-electron chi connectivity index (χ1n) is 9.85. The molecule has 2 aromatic rings. The van der Waals surface area contributed by atoms with Gasteiger partial charge in [0.25, 0.3) is 0 Å². The Bertz CT molecular complexity index is 783. The van der Waals surface area contributed by atoms with E-state index in [9.17, 15) is 4.79 Å². The average Bonchev–Trinajstić information content (AvgIpc) is 3.46. The molecule has 1 saturated heterocycles. The van der Waals surface area contributed by atoms with E-state index in [1.807, 2.05) is 36.4 Å². The third-order valence-corrected chi connectivity index (χ3v) is 4.99. The number of likely N-dealkylation sites (tertiary alicyclic amines) is 1. The molecular weight excluding hydrogens is 370 g/mol. The highest BCUT2D eigenvalue weighted by molar-refractivity contribution is 5.84. The van der Waals surface area contributed by atoms with E-state index in [0.29, 0.717) is 12.2 Å². The van der Waals surface area contributed by atoms with E-state index < -0.39 is 6.09 Å². The van der Waals surface area contributed by atoms with E-state index in [1.54, 1.807) is 13.3 Å². The molecule has 1 unspecified atom stereocenters. The van der Waals surface area contributed by atoms with Crippen LogP contribution in [0.2, 0.25) is 0 Å². The fourth-order valence-electron chi connectivity index (χ4n) is 3.42. The monoisotopic (exact) mass is 399 g/mol. The van der Waals surface area contributed by atoms with Crippen LogP contribution in [0.4, 0.5) is 10.5 Å². The third kappa shape index (κ3) is 5.99. The minimum atomic E-state index is -0.482. The minimum absolute atomic E-state index is 0.190. The predicted molar refractivity (Wildman–Crippen MR) is 113 cm³/mol. The minimum Gasteiger partial charge on any atom is -0.468 e. The number of amides is 1. The third-order valence-electron chi connectivity index (χ3n) is 4.99. The van der Waals surface area contributed by atoms with Crippen LogP contribution in [0.3, 0.4) is 0 Å². The summed E-state index contributed by atoms with van der Waals surface area (Å²) in [7, 11) is 3.10. The standard InChI is InChI=1S/C21H29N5O3/c1-22-20(23-14-16-7-9-17(10-8-16)25-21(27)28-2)24-15-18(19-6-5-13-29-19)26-11-3-4-12-26/h5-10,13,18H,3-4,11-12,14-15H2,1-2H3,(H,25,27)(H2,22,23,24). The topological polar surface area (TPSA) is 91.1 Å². The van der Waals surface area contributed by atoms with Crippen LogP contribution >= 0.6 is 0 Å². The van der Waals surface area contributed by atoms with Crippen LogP contribution in [0.15, 0.2) is 52.1 Å². The van der Waals surface area contributed by atoms with Crippen LogP contribution in [0.1, 0.15) is 30.2 Å². The molecule has 1 fully saturated rings. The molecule has 1 aromatic heterocycles. The van der Waals surface area contributed by atoms with Gasteiger partial charge in [0.2, 0.25) is 0 Å². The molecule has 8 nitrogen and oxygen atoms in total. The molecule has 1 atom stereocenters. The highest BCUT2D eigenvalue weighted by Gasteiger charge is 2.25. The van der Waals surface area contributed by atoms with Crippen molar-refractivity contribution in [1.29, 1.82) is 0 Å². The number of hydrogen-bond acceptors (Lipinski definition) is 5. The summed E-state index contributed by atoms with van der Waals surface area (Å²) in [6, 6.07) is 11.7. The SMILES string of the molecule is CN=C(NCc1ccc(NC(=O)OC)cc1)NCC(c1ccco1)N1CCCC1. The molecule has 1 aromatic carbocycles. The number of rotatable bonds is 7. The maximum Gasteiger partial charge on any atom is 0.411 e. The van der Waals surface area contributed by atoms with Gasteiger partial charge in [-0.1, -0.05) is 12.1 Å². The van der Waals surface area contributed by atoms with Gasteiger partial charge in [-0.15, -0.1) is 0 Å². The van der Waals surface area contributed by atoms with Gasteiger partial charge in [0.15, 0.2) is 5.96 Å². The lowest BCUT2D eigenvalue weighted by Gasteiger charge is -2.26. The van der Waals surface area contributed by atoms with Crippen molar-refractivity contribution in [3.05, 3.63) is 54.0 Å². The number of carbonyl (C=O) groups excluding carboxylic acids is 1. The summed E-state index contributed by atoms with van der Waals surface area (Å²) >= 11 is 0. The molecule has 3 rings (SSSR count). The highest BCUT2D eigenvalue weighted by atomic mass is 16.5. The van der Waals surface area contributed by atoms with Crippen molar-refractivity contribution in [3.8, 4) is 0 Å². The Kier molecular flexibility index (Phi) is 7.52. The normalized spacial score (nSPS) is 15.7. The number of carbonyl (C=O) groups is 1. The molecular formula is C21H29N5O3. The Balaban J connectivity index is 1.51. The number of aliphatic imine (C=N–C) groups is 1. The largest absolute Gasteiger partial charge is 0.468 e. The van der Waals surface area contributed by atoms with E-state index in [1.165, 1.54) is 20.0 Å². The summed E-state index contributed by atoms with van der Waals surface area (Å²) in [5.74, 6) is 1.71. The fraction of sp³-hybridized carbons (Fsp3) is 0.429. The molecule has 3 N–H and O–H groups in total. The summed E-state index contributed by atoms with van der Waals surface area (Å²) in [6.45, 7) is 3.51. The van der Waals surface area contributed by atoms with Crippen molar-refractivity contribution in [2.24, 2.45) is 4.99 Å². The van der Waals surface area contributed by atoms with Gasteiger partial charge in [0.05, 0.1) is 19.4 Å². The maximum absolute atomic E-state index is 11.2. The smallest absolute Gasteiger partial charge is 0.411 e. The predicted octanol–water partition coefficient (Wildman–Crippen LogP) is 2.96. The zero-order valence-electron chi connectivity index (χ0n) is 17.0. The van der Waals surface area contributed by atoms with Crippen LogP contribution in [-0.2, 0) is 11.3 Å². The van der Waals surface area contributed by atoms with Gasteiger partial charge in [0.1, 0.15) is 5.76 Å². The van der Waals surface area contributed by atoms with Crippen molar-refractivity contribution in [3.63, 3.8) is 0 Å². The van der Waals surface area contributed by atoms with Crippen LogP contribution in [0.25, 0.3) is 0 Å². The first-order chi connectivity index (χ1) is 14.2. The fourth-order valence-corrected chi connectivity index (χ4v) is 3.42. The average molecular weight is 399 g/mol. The van der Waals surface area contributed by atoms with Crippen LogP contribution in [-0.4, -0.2) is 50.7 Å². The van der Waals surface area contributed by atoms with Gasteiger partial charge in [-0.2, -0.15) is 0 Å². The summed E-state index contributed by atoms with van der Waals surface area (Å²) in [5, 5.41) is 9.38. The van der Waals surface area contributed by atoms with E-state index in [4.69, 9.17) is 4.42 Å². The summed E-state index contributed by atoms with van der Waals surface area (Å²) in [6.07, 6.45) is 3.70. The Morgan fingerprint density at radius 2 is 1.97 bits per heavy atom. The quantitative estimate of drug-likeness (QED) is 0.490. The van der Waals surface area contributed by atoms with Gasteiger partial charge in [-0.3, -0.25) is 15.2 Å². The van der Waals surface area contributed by atoms with E-state index in [-0.39, 0.29) is 6.04 Å². The Morgan fingerprint density at radius 1 is 1.21 bits per heavy atom. The maximum atomic E-state index is 11.2. The molecule has 2 heterocycles. The first-order valence-corrected chi connectivity index (χ1v) is 9.85. The van der Waals surface area contributed by atoms with Gasteiger partial charge >= 0.3 is 6.09 Å². The molecule has 156 valence electrons. The zero-order chi connectivity index (χ0) is 20.5. The molecule has 0 bridgehead atoms. The lowest BCUT2D eigenvalue weighted by Crippen LogP contribution is -2.42. The Morgan fingerprint density at radius 3 is 2.59 bits per heavy atom. The molecule has 29 heavy (non-hydrogen) atoms. The molecule has 0 spiro atoms. The second kappa shape index (κ2) is 10.5. The number of nitrogens with one attached hydrogen (secondary N) is 3. The van der Waals surface area contributed by atoms with Crippen LogP contribution in [0, 0.1) is 0 Å². The molecule has 1 amide bonds. The van der Waals surface area contributed by atoms with Crippen molar-refractivity contribution in [2.75, 3.05) is 39.1 Å². The lowest BCUT2D eigenvalue weighted by atomic mass is 10.2. The number of guanidine groups is 1. The highest BCUT2D eigenvalue weighted by Crippen LogP contribution is 2.24. The van der Waals surface area contributed by atoms with Crippen molar-refractivity contribution >= 4 is 17.7 Å². The molecule has 1 aliphatic heterocycles. The number of ether oxygens (including phenoxy) is 1. The van der Waals surface area contributed by atoms with E-state index >= 15 is 0 Å². The lowest BCUT2D eigenvalue weighted by molar-refractivity contribution is 0.187. The first kappa shape index (κ1) is 20.7. The summed E-state index contributed by atoms with van der Waals surface area (Å²) < 4.78 is 10.3. The molecule has 0 saturated carbocycles. The van der Waals surface area contributed by atoms with Crippen LogP contribution in [0.5, 0.6) is 0 Å². The summed E-state index contributed by atoms with van der Waals surface area (Å²) in [5.41, 5.74) is 1.76. The van der Waals surface area contributed by atoms with Gasteiger partial charge < -0.3 is 19.8 Å². The van der Waals surface area contributed by atoms with Crippen molar-refractivity contribution in [2.45, 2.75) is 25.4 Å². The van der Waals surface area contributed by atoms with Gasteiger partial charge in [0, 0.05) is 25.8 Å². The second-order valence-corrected chi connectivity index (χ2v) is 6.89. The second-order valence-electron chi connectivity index (χ2n) is 6.89. The number of anilines is 1. The van der Waals surface area contributed by atoms with Crippen molar-refractivity contribution < 1.29 is 13.9 Å². The van der Waals surface area contributed by atoms with Crippen LogP contribution < -0.4 is 16.0 Å². The van der Waals surface area contributed by atoms with E-state index in [0.717, 1.165) is 36.9 Å².